The Morgan fingerprint density at radius 3 is 2.47 bits per heavy atom. The molecule has 2 nitrogen and oxygen atoms in total. The number of pyridine rings is 1. The van der Waals surface area contributed by atoms with E-state index in [4.69, 9.17) is 5.73 Å². The Morgan fingerprint density at radius 1 is 1.35 bits per heavy atom. The van der Waals surface area contributed by atoms with E-state index in [9.17, 15) is 13.2 Å². The van der Waals surface area contributed by atoms with Gasteiger partial charge in [0.25, 0.3) is 0 Å². The average Bonchev–Trinajstić information content (AvgIpc) is 2.22. The SMILES string of the molecule is NC(CC1CCC1)c1ccc(C(F)(F)F)cn1. The number of nitrogens with zero attached hydrogens (tertiary/aromatic N) is 1. The molecule has 0 amide bonds. The van der Waals surface area contributed by atoms with Gasteiger partial charge in [0, 0.05) is 12.2 Å². The number of hydrogen-bond donors (Lipinski definition) is 1. The number of halogens is 3. The van der Waals surface area contributed by atoms with Crippen LogP contribution in [0.5, 0.6) is 0 Å². The van der Waals surface area contributed by atoms with E-state index in [2.05, 4.69) is 4.98 Å². The molecule has 1 saturated carbocycles. The molecule has 1 aromatic rings. The number of rotatable bonds is 3. The van der Waals surface area contributed by atoms with Crippen molar-refractivity contribution in [2.45, 2.75) is 37.9 Å². The minimum atomic E-state index is -4.33. The maximum Gasteiger partial charge on any atom is 0.417 e. The van der Waals surface area contributed by atoms with Gasteiger partial charge in [0.2, 0.25) is 0 Å². The highest BCUT2D eigenvalue weighted by Gasteiger charge is 2.31. The summed E-state index contributed by atoms with van der Waals surface area (Å²) in [7, 11) is 0. The molecule has 0 aliphatic heterocycles. The van der Waals surface area contributed by atoms with E-state index in [0.29, 0.717) is 11.6 Å². The number of alkyl halides is 3. The molecule has 2 rings (SSSR count). The van der Waals surface area contributed by atoms with Crippen LogP contribution in [0.2, 0.25) is 0 Å². The predicted octanol–water partition coefficient (Wildman–Crippen LogP) is 3.29. The average molecular weight is 244 g/mol. The second-order valence-corrected chi connectivity index (χ2v) is 4.61. The van der Waals surface area contributed by atoms with Crippen LogP contribution >= 0.6 is 0 Å². The molecule has 0 saturated heterocycles. The zero-order valence-corrected chi connectivity index (χ0v) is 9.37. The minimum absolute atomic E-state index is 0.248. The lowest BCUT2D eigenvalue weighted by Gasteiger charge is -2.27. The van der Waals surface area contributed by atoms with Gasteiger partial charge in [-0.1, -0.05) is 19.3 Å². The van der Waals surface area contributed by atoms with E-state index in [1.165, 1.54) is 25.3 Å². The van der Waals surface area contributed by atoms with Crippen LogP contribution in [0.1, 0.15) is 43.0 Å². The molecule has 1 aliphatic carbocycles. The summed E-state index contributed by atoms with van der Waals surface area (Å²) in [5, 5.41) is 0. The fourth-order valence-electron chi connectivity index (χ4n) is 2.00. The van der Waals surface area contributed by atoms with Gasteiger partial charge in [0.15, 0.2) is 0 Å². The summed E-state index contributed by atoms with van der Waals surface area (Å²) in [5.41, 5.74) is 5.74. The van der Waals surface area contributed by atoms with Crippen LogP contribution in [0.25, 0.3) is 0 Å². The molecule has 2 N–H and O–H groups in total. The molecule has 94 valence electrons. The van der Waals surface area contributed by atoms with Gasteiger partial charge in [-0.05, 0) is 24.5 Å². The molecular weight excluding hydrogens is 229 g/mol. The minimum Gasteiger partial charge on any atom is -0.323 e. The number of nitrogens with two attached hydrogens (primary N) is 1. The molecule has 0 spiro atoms. The molecule has 1 unspecified atom stereocenters. The van der Waals surface area contributed by atoms with Crippen molar-refractivity contribution >= 4 is 0 Å². The zero-order valence-electron chi connectivity index (χ0n) is 9.37. The molecule has 1 aliphatic rings. The number of aromatic nitrogens is 1. The van der Waals surface area contributed by atoms with Crippen LogP contribution < -0.4 is 5.73 Å². The van der Waals surface area contributed by atoms with Gasteiger partial charge in [-0.3, -0.25) is 4.98 Å². The molecular formula is C12H15F3N2. The maximum absolute atomic E-state index is 12.3. The summed E-state index contributed by atoms with van der Waals surface area (Å²) >= 11 is 0. The molecule has 0 aromatic carbocycles. The topological polar surface area (TPSA) is 38.9 Å². The third-order valence-corrected chi connectivity index (χ3v) is 3.31. The van der Waals surface area contributed by atoms with Gasteiger partial charge in [-0.25, -0.2) is 0 Å². The fraction of sp³-hybridized carbons (Fsp3) is 0.583. The summed E-state index contributed by atoms with van der Waals surface area (Å²) in [5.74, 6) is 0.620. The normalized spacial score (nSPS) is 18.8. The van der Waals surface area contributed by atoms with Gasteiger partial charge in [-0.15, -0.1) is 0 Å². The van der Waals surface area contributed by atoms with Crippen LogP contribution in [0, 0.1) is 5.92 Å². The summed E-state index contributed by atoms with van der Waals surface area (Å²) < 4.78 is 37.0. The predicted molar refractivity (Wildman–Crippen MR) is 58.1 cm³/mol. The first kappa shape index (κ1) is 12.4. The van der Waals surface area contributed by atoms with Gasteiger partial charge in [-0.2, -0.15) is 13.2 Å². The Kier molecular flexibility index (Phi) is 3.38. The van der Waals surface area contributed by atoms with Gasteiger partial charge in [0.1, 0.15) is 0 Å². The summed E-state index contributed by atoms with van der Waals surface area (Å²) in [4.78, 5) is 3.81. The quantitative estimate of drug-likeness (QED) is 0.886. The summed E-state index contributed by atoms with van der Waals surface area (Å²) in [6.45, 7) is 0. The van der Waals surface area contributed by atoms with Crippen molar-refractivity contribution in [3.8, 4) is 0 Å². The van der Waals surface area contributed by atoms with E-state index >= 15 is 0 Å². The highest BCUT2D eigenvalue weighted by molar-refractivity contribution is 5.18. The number of hydrogen-bond acceptors (Lipinski definition) is 2. The first-order chi connectivity index (χ1) is 7.97. The van der Waals surface area contributed by atoms with Crippen molar-refractivity contribution in [1.82, 2.24) is 4.98 Å². The summed E-state index contributed by atoms with van der Waals surface area (Å²) in [6, 6.07) is 2.18. The van der Waals surface area contributed by atoms with E-state index in [1.807, 2.05) is 0 Å². The molecule has 1 fully saturated rings. The Bertz CT molecular complexity index is 368. The molecule has 1 heterocycles. The Labute approximate surface area is 98.0 Å². The lowest BCUT2D eigenvalue weighted by atomic mass is 9.80. The van der Waals surface area contributed by atoms with Gasteiger partial charge >= 0.3 is 6.18 Å². The van der Waals surface area contributed by atoms with Crippen LogP contribution in [0.15, 0.2) is 18.3 Å². The lowest BCUT2D eigenvalue weighted by molar-refractivity contribution is -0.137. The second kappa shape index (κ2) is 4.64. The van der Waals surface area contributed by atoms with E-state index < -0.39 is 11.7 Å². The third kappa shape index (κ3) is 2.97. The van der Waals surface area contributed by atoms with E-state index in [1.54, 1.807) is 0 Å². The first-order valence-electron chi connectivity index (χ1n) is 5.75. The molecule has 0 radical (unpaired) electrons. The third-order valence-electron chi connectivity index (χ3n) is 3.31. The fourth-order valence-corrected chi connectivity index (χ4v) is 2.00. The molecule has 1 atom stereocenters. The van der Waals surface area contributed by atoms with Crippen LogP contribution in [0.3, 0.4) is 0 Å². The van der Waals surface area contributed by atoms with Crippen molar-refractivity contribution < 1.29 is 13.2 Å². The van der Waals surface area contributed by atoms with Crippen molar-refractivity contribution in [2.75, 3.05) is 0 Å². The monoisotopic (exact) mass is 244 g/mol. The van der Waals surface area contributed by atoms with Crippen molar-refractivity contribution in [3.05, 3.63) is 29.6 Å². The second-order valence-electron chi connectivity index (χ2n) is 4.61. The van der Waals surface area contributed by atoms with Crippen LogP contribution in [-0.4, -0.2) is 4.98 Å². The van der Waals surface area contributed by atoms with E-state index in [-0.39, 0.29) is 6.04 Å². The Hall–Kier alpha value is -1.10. The molecule has 1 aromatic heterocycles. The highest BCUT2D eigenvalue weighted by Crippen LogP contribution is 2.34. The first-order valence-corrected chi connectivity index (χ1v) is 5.75. The standard InChI is InChI=1S/C12H15F3N2/c13-12(14,15)9-4-5-11(17-7-9)10(16)6-8-2-1-3-8/h4-5,7-8,10H,1-3,6,16H2. The Morgan fingerprint density at radius 2 is 2.06 bits per heavy atom. The largest absolute Gasteiger partial charge is 0.417 e. The van der Waals surface area contributed by atoms with Crippen molar-refractivity contribution in [3.63, 3.8) is 0 Å². The molecule has 0 bridgehead atoms. The lowest BCUT2D eigenvalue weighted by Crippen LogP contribution is -2.21. The van der Waals surface area contributed by atoms with Gasteiger partial charge in [0.05, 0.1) is 11.3 Å². The van der Waals surface area contributed by atoms with Crippen molar-refractivity contribution in [1.29, 1.82) is 0 Å². The van der Waals surface area contributed by atoms with Gasteiger partial charge < -0.3 is 5.73 Å². The van der Waals surface area contributed by atoms with Crippen LogP contribution in [0.4, 0.5) is 13.2 Å². The van der Waals surface area contributed by atoms with E-state index in [0.717, 1.165) is 18.7 Å². The smallest absolute Gasteiger partial charge is 0.323 e. The van der Waals surface area contributed by atoms with Crippen LogP contribution in [-0.2, 0) is 6.18 Å². The Balaban J connectivity index is 2.01. The maximum atomic E-state index is 12.3. The molecule has 5 heteroatoms. The summed E-state index contributed by atoms with van der Waals surface area (Å²) in [6.07, 6.45) is 0.929. The van der Waals surface area contributed by atoms with Crippen molar-refractivity contribution in [2.24, 2.45) is 11.7 Å². The highest BCUT2D eigenvalue weighted by atomic mass is 19.4. The molecule has 17 heavy (non-hydrogen) atoms. The zero-order chi connectivity index (χ0) is 12.5.